The smallest absolute Gasteiger partial charge is 0.158 e. The van der Waals surface area contributed by atoms with Crippen molar-refractivity contribution in [3.8, 4) is 0 Å². The Kier molecular flexibility index (Phi) is 28.7. The molecule has 2 heteroatoms. The number of rotatable bonds is 20. The maximum absolute atomic E-state index is 12.2. The van der Waals surface area contributed by atoms with Crippen molar-refractivity contribution in [2.24, 2.45) is 21.7 Å². The third-order valence-corrected chi connectivity index (χ3v) is 16.7. The molecule has 2 nitrogen and oxygen atoms in total. The van der Waals surface area contributed by atoms with Crippen LogP contribution in [0.25, 0.3) is 0 Å². The molecule has 0 radical (unpaired) electrons. The first-order valence-corrected chi connectivity index (χ1v) is 30.5. The van der Waals surface area contributed by atoms with Gasteiger partial charge in [0.2, 0.25) is 0 Å². The lowest BCUT2D eigenvalue weighted by atomic mass is 9.72. The second-order valence-electron chi connectivity index (χ2n) is 26.4. The van der Waals surface area contributed by atoms with Gasteiger partial charge in [0, 0.05) is 12.8 Å². The van der Waals surface area contributed by atoms with Crippen molar-refractivity contribution in [3.05, 3.63) is 259 Å². The van der Waals surface area contributed by atoms with Crippen LogP contribution >= 0.6 is 0 Å². The number of hydrogen-bond acceptors (Lipinski definition) is 2. The Balaban J connectivity index is 0.000000431. The van der Waals surface area contributed by atoms with Gasteiger partial charge < -0.3 is 0 Å². The second-order valence-corrected chi connectivity index (χ2v) is 26.4. The summed E-state index contributed by atoms with van der Waals surface area (Å²) < 4.78 is 0. The maximum atomic E-state index is 12.2. The fraction of sp³-hybridized carbons (Fsp3) is 0.425. The quantitative estimate of drug-likeness (QED) is 0.114. The molecule has 0 saturated heterocycles. The molecular formula is C80H108O2. The molecule has 0 atom stereocenters. The van der Waals surface area contributed by atoms with Crippen molar-refractivity contribution >= 4 is 11.6 Å². The number of carbonyl (C=O) groups is 2. The van der Waals surface area contributed by atoms with Crippen molar-refractivity contribution in [2.45, 2.75) is 203 Å². The molecule has 0 aliphatic heterocycles. The average molecular weight is 1100 g/mol. The van der Waals surface area contributed by atoms with E-state index in [0.717, 1.165) is 57.4 Å². The largest absolute Gasteiger partial charge is 0.295 e. The predicted octanol–water partition coefficient (Wildman–Crippen LogP) is 23.6. The molecule has 4 aliphatic carbocycles. The van der Waals surface area contributed by atoms with E-state index >= 15 is 0 Å². The summed E-state index contributed by atoms with van der Waals surface area (Å²) in [5.74, 6) is 0.542. The van der Waals surface area contributed by atoms with Gasteiger partial charge in [0.1, 0.15) is 0 Å². The lowest BCUT2D eigenvalue weighted by molar-refractivity contribution is -0.117. The van der Waals surface area contributed by atoms with Crippen molar-refractivity contribution < 1.29 is 9.59 Å². The molecule has 4 rings (SSSR count). The van der Waals surface area contributed by atoms with E-state index in [-0.39, 0.29) is 22.4 Å². The lowest BCUT2D eigenvalue weighted by Crippen LogP contribution is -2.24. The van der Waals surface area contributed by atoms with Crippen molar-refractivity contribution in [1.29, 1.82) is 0 Å². The maximum Gasteiger partial charge on any atom is 0.158 e. The molecule has 4 aliphatic rings. The first-order valence-electron chi connectivity index (χ1n) is 30.5. The molecular weight excluding hydrogens is 993 g/mol. The minimum Gasteiger partial charge on any atom is -0.295 e. The van der Waals surface area contributed by atoms with Crippen LogP contribution in [-0.4, -0.2) is 11.6 Å². The summed E-state index contributed by atoms with van der Waals surface area (Å²) >= 11 is 0. The van der Waals surface area contributed by atoms with Crippen LogP contribution in [0.2, 0.25) is 0 Å². The van der Waals surface area contributed by atoms with E-state index in [4.69, 9.17) is 0 Å². The Morgan fingerprint density at radius 2 is 0.512 bits per heavy atom. The predicted molar refractivity (Wildman–Crippen MR) is 364 cm³/mol. The van der Waals surface area contributed by atoms with Gasteiger partial charge in [-0.15, -0.1) is 0 Å². The van der Waals surface area contributed by atoms with Gasteiger partial charge in [-0.05, 0) is 190 Å². The average Bonchev–Trinajstić information content (AvgIpc) is 3.40. The molecule has 0 aromatic heterocycles. The van der Waals surface area contributed by atoms with Gasteiger partial charge >= 0.3 is 0 Å². The van der Waals surface area contributed by atoms with E-state index in [0.29, 0.717) is 23.7 Å². The van der Waals surface area contributed by atoms with E-state index in [9.17, 15) is 9.59 Å². The molecule has 0 saturated carbocycles. The summed E-state index contributed by atoms with van der Waals surface area (Å²) in [5.41, 5.74) is 20.5. The van der Waals surface area contributed by atoms with Crippen molar-refractivity contribution in [1.82, 2.24) is 0 Å². The highest BCUT2D eigenvalue weighted by atomic mass is 16.1. The Hall–Kier alpha value is -6.38. The number of hydrogen-bond donors (Lipinski definition) is 0. The van der Waals surface area contributed by atoms with Crippen LogP contribution in [0.5, 0.6) is 0 Å². The minimum atomic E-state index is 0.0404. The zero-order chi connectivity index (χ0) is 61.3. The number of allylic oxidation sites excluding steroid dienone is 44. The Morgan fingerprint density at radius 1 is 0.293 bits per heavy atom. The number of Topliss-reactive ketones (excluding diaryl/α,β-unsaturated/α-hetero) is 2. The SMILES string of the molecule is CC(C=CC=C(C)C=CC1=C(C)C(=O)CCC1(C)C)=CC=CC=C(C)C=CC=C(C)C=CC1=C(C)C(=O)CCC1(C)C.CC(C=CC=C(C)C=CC1=C(C)CCCC1(C)C)=CC=CC=C(C)C=CC=C(C)C=CC1=C(C)CCCC1(C)C. The van der Waals surface area contributed by atoms with Crippen LogP contribution in [0, 0.1) is 21.7 Å². The van der Waals surface area contributed by atoms with Crippen LogP contribution in [0.1, 0.15) is 203 Å². The van der Waals surface area contributed by atoms with Gasteiger partial charge in [-0.2, -0.15) is 0 Å². The highest BCUT2D eigenvalue weighted by Gasteiger charge is 2.32. The molecule has 0 fully saturated rings. The first kappa shape index (κ1) is 69.9. The Bertz CT molecular complexity index is 2800. The van der Waals surface area contributed by atoms with E-state index in [1.54, 1.807) is 11.1 Å². The van der Waals surface area contributed by atoms with Crippen LogP contribution in [0.4, 0.5) is 0 Å². The van der Waals surface area contributed by atoms with Crippen LogP contribution < -0.4 is 0 Å². The highest BCUT2D eigenvalue weighted by Crippen LogP contribution is 2.43. The van der Waals surface area contributed by atoms with Crippen LogP contribution in [-0.2, 0) is 9.59 Å². The van der Waals surface area contributed by atoms with Crippen LogP contribution in [0.15, 0.2) is 259 Å². The van der Waals surface area contributed by atoms with E-state index in [1.165, 1.54) is 72.0 Å². The van der Waals surface area contributed by atoms with Gasteiger partial charge in [-0.3, -0.25) is 9.59 Å². The Labute approximate surface area is 502 Å². The molecule has 82 heavy (non-hydrogen) atoms. The third-order valence-electron chi connectivity index (χ3n) is 16.7. The molecule has 0 heterocycles. The number of carbonyl (C=O) groups excluding carboxylic acids is 2. The van der Waals surface area contributed by atoms with Gasteiger partial charge in [-0.25, -0.2) is 0 Å². The number of ketones is 2. The Morgan fingerprint density at radius 3 is 0.768 bits per heavy atom. The summed E-state index contributed by atoms with van der Waals surface area (Å²) in [7, 11) is 0. The van der Waals surface area contributed by atoms with E-state index in [1.807, 2.05) is 13.8 Å². The second kappa shape index (κ2) is 33.7. The standard InChI is InChI=1S/C40H52O2.C40H56/c1-29(17-13-19-31(3)21-23-35-33(5)37(41)25-27-39(35,7)8)15-11-12-16-30(2)18-14-20-32(4)22-24-36-34(6)38(42)26-28-40(36,9)10;1-31(19-13-21-33(3)25-27-37-35(5)23-15-29-39(37,7)8)17-11-12-18-32(2)20-14-22-34(4)26-28-38-36(6)24-16-30-40(38,9)10/h11-24H,25-28H2,1-10H3;11-14,17-22,25-28H,15-16,23-24,29-30H2,1-10H3. The fourth-order valence-corrected chi connectivity index (χ4v) is 11.1. The van der Waals surface area contributed by atoms with Crippen molar-refractivity contribution in [3.63, 3.8) is 0 Å². The fourth-order valence-electron chi connectivity index (χ4n) is 11.1. The van der Waals surface area contributed by atoms with Gasteiger partial charge in [0.05, 0.1) is 0 Å². The molecule has 440 valence electrons. The van der Waals surface area contributed by atoms with Gasteiger partial charge in [0.15, 0.2) is 11.6 Å². The van der Waals surface area contributed by atoms with E-state index in [2.05, 4.69) is 295 Å². The monoisotopic (exact) mass is 1100 g/mol. The topological polar surface area (TPSA) is 34.1 Å². The summed E-state index contributed by atoms with van der Waals surface area (Å²) in [4.78, 5) is 24.3. The molecule has 0 spiro atoms. The third kappa shape index (κ3) is 24.6. The summed E-state index contributed by atoms with van der Waals surface area (Å²) in [5, 5.41) is 0. The molecule has 0 aromatic carbocycles. The van der Waals surface area contributed by atoms with Crippen molar-refractivity contribution in [2.75, 3.05) is 0 Å². The van der Waals surface area contributed by atoms with Gasteiger partial charge in [0.25, 0.3) is 0 Å². The zero-order valence-electron chi connectivity index (χ0n) is 55.1. The first-order chi connectivity index (χ1) is 38.4. The summed E-state index contributed by atoms with van der Waals surface area (Å²) in [6.07, 6.45) is 70.8. The highest BCUT2D eigenvalue weighted by molar-refractivity contribution is 5.97. The zero-order valence-corrected chi connectivity index (χ0v) is 55.1. The normalized spacial score (nSPS) is 21.8. The van der Waals surface area contributed by atoms with Gasteiger partial charge in [-0.1, -0.05) is 281 Å². The molecule has 0 N–H and O–H groups in total. The minimum absolute atomic E-state index is 0.0404. The van der Waals surface area contributed by atoms with E-state index < -0.39 is 0 Å². The summed E-state index contributed by atoms with van der Waals surface area (Å²) in [6.45, 7) is 43.8. The lowest BCUT2D eigenvalue weighted by Gasteiger charge is -2.33. The molecule has 0 amide bonds. The molecule has 0 unspecified atom stereocenters. The summed E-state index contributed by atoms with van der Waals surface area (Å²) in [6, 6.07) is 0. The van der Waals surface area contributed by atoms with Crippen LogP contribution in [0.3, 0.4) is 0 Å². The molecule has 0 aromatic rings. The molecule has 0 bridgehead atoms.